The summed E-state index contributed by atoms with van der Waals surface area (Å²) in [4.78, 5) is 7.36. The van der Waals surface area contributed by atoms with Crippen molar-refractivity contribution in [1.82, 2.24) is 9.97 Å². The van der Waals surface area contributed by atoms with Gasteiger partial charge in [0, 0.05) is 31.9 Å². The quantitative estimate of drug-likeness (QED) is 0.706. The molecule has 1 saturated heterocycles. The van der Waals surface area contributed by atoms with Crippen molar-refractivity contribution in [3.05, 3.63) is 48.3 Å². The first-order valence-electron chi connectivity index (χ1n) is 8.61. The molecule has 136 valence electrons. The van der Waals surface area contributed by atoms with Crippen LogP contribution in [0.4, 0.5) is 14.5 Å². The number of nitrogens with zero attached hydrogens (tertiary/aromatic N) is 1. The van der Waals surface area contributed by atoms with Gasteiger partial charge in [-0.1, -0.05) is 6.07 Å². The van der Waals surface area contributed by atoms with Gasteiger partial charge in [0.15, 0.2) is 11.6 Å². The molecule has 1 aromatic heterocycles. The Hall–Kier alpha value is -2.67. The van der Waals surface area contributed by atoms with Crippen LogP contribution in [0, 0.1) is 17.6 Å². The molecule has 0 bridgehead atoms. The Morgan fingerprint density at radius 1 is 1.23 bits per heavy atom. The number of ether oxygens (including phenoxy) is 2. The molecule has 0 aliphatic carbocycles. The molecular weight excluding hydrogens is 340 g/mol. The largest absolute Gasteiger partial charge is 0.454 e. The van der Waals surface area contributed by atoms with Crippen molar-refractivity contribution in [2.24, 2.45) is 5.92 Å². The second kappa shape index (κ2) is 7.29. The van der Waals surface area contributed by atoms with Crippen molar-refractivity contribution in [2.75, 3.05) is 25.1 Å². The zero-order valence-corrected chi connectivity index (χ0v) is 14.1. The number of H-pyrrole nitrogens is 1. The molecule has 0 spiro atoms. The van der Waals surface area contributed by atoms with Crippen molar-refractivity contribution >= 4 is 16.7 Å². The molecule has 4 rings (SSSR count). The second-order valence-electron chi connectivity index (χ2n) is 6.36. The monoisotopic (exact) mass is 359 g/mol. The van der Waals surface area contributed by atoms with E-state index in [1.54, 1.807) is 18.5 Å². The third-order valence-electron chi connectivity index (χ3n) is 4.56. The summed E-state index contributed by atoms with van der Waals surface area (Å²) >= 11 is 0. The van der Waals surface area contributed by atoms with Gasteiger partial charge in [0.25, 0.3) is 0 Å². The zero-order valence-electron chi connectivity index (χ0n) is 14.1. The maximum Gasteiger partial charge on any atom is 0.201 e. The third-order valence-corrected chi connectivity index (χ3v) is 4.56. The lowest BCUT2D eigenvalue weighted by molar-refractivity contribution is 0.0699. The van der Waals surface area contributed by atoms with Gasteiger partial charge in [0.1, 0.15) is 11.3 Å². The molecule has 0 atom stereocenters. The standard InChI is InChI=1S/C19H19F2N3O2/c20-14-2-1-3-17(18(14)21)26-13-8-15(19-16(9-13)23-11-24-19)22-10-12-4-6-25-7-5-12/h1-3,8-9,11-12,22H,4-7,10H2,(H,23,24). The maximum atomic E-state index is 13.9. The van der Waals surface area contributed by atoms with Crippen LogP contribution in [0.5, 0.6) is 11.5 Å². The van der Waals surface area contributed by atoms with E-state index in [1.807, 2.05) is 0 Å². The third kappa shape index (κ3) is 3.48. The van der Waals surface area contributed by atoms with Crippen LogP contribution in [0.25, 0.3) is 11.0 Å². The molecule has 2 N–H and O–H groups in total. The highest BCUT2D eigenvalue weighted by Crippen LogP contribution is 2.32. The predicted octanol–water partition coefficient (Wildman–Crippen LogP) is 4.47. The summed E-state index contributed by atoms with van der Waals surface area (Å²) in [6.07, 6.45) is 3.62. The van der Waals surface area contributed by atoms with Crippen LogP contribution in [0.1, 0.15) is 12.8 Å². The van der Waals surface area contributed by atoms with E-state index < -0.39 is 11.6 Å². The van der Waals surface area contributed by atoms with Crippen LogP contribution in [0.3, 0.4) is 0 Å². The van der Waals surface area contributed by atoms with Gasteiger partial charge in [-0.05, 0) is 30.9 Å². The Balaban J connectivity index is 1.58. The minimum Gasteiger partial charge on any atom is -0.454 e. The molecule has 0 radical (unpaired) electrons. The molecule has 0 saturated carbocycles. The molecule has 3 aromatic rings. The van der Waals surface area contributed by atoms with Gasteiger partial charge in [0.2, 0.25) is 5.82 Å². The minimum atomic E-state index is -1.01. The van der Waals surface area contributed by atoms with E-state index in [9.17, 15) is 8.78 Å². The number of hydrogen-bond donors (Lipinski definition) is 2. The van der Waals surface area contributed by atoms with Crippen LogP contribution in [-0.2, 0) is 4.74 Å². The molecular formula is C19H19F2N3O2. The fourth-order valence-electron chi connectivity index (χ4n) is 3.11. The number of halogens is 2. The van der Waals surface area contributed by atoms with Crippen LogP contribution in [0.2, 0.25) is 0 Å². The summed E-state index contributed by atoms with van der Waals surface area (Å²) < 4.78 is 38.2. The first-order valence-corrected chi connectivity index (χ1v) is 8.61. The highest BCUT2D eigenvalue weighted by Gasteiger charge is 2.16. The maximum absolute atomic E-state index is 13.9. The van der Waals surface area contributed by atoms with Gasteiger partial charge in [-0.25, -0.2) is 9.37 Å². The van der Waals surface area contributed by atoms with Gasteiger partial charge < -0.3 is 19.8 Å². The fourth-order valence-corrected chi connectivity index (χ4v) is 3.11. The van der Waals surface area contributed by atoms with Crippen molar-refractivity contribution < 1.29 is 18.3 Å². The van der Waals surface area contributed by atoms with E-state index in [0.29, 0.717) is 11.7 Å². The zero-order chi connectivity index (χ0) is 17.9. The SMILES string of the molecule is Fc1cccc(Oc2cc(NCC3CCOCC3)c3nc[nH]c3c2)c1F. The van der Waals surface area contributed by atoms with Gasteiger partial charge in [0.05, 0.1) is 17.5 Å². The molecule has 7 heteroatoms. The van der Waals surface area contributed by atoms with Crippen LogP contribution >= 0.6 is 0 Å². The summed E-state index contributed by atoms with van der Waals surface area (Å²) in [5.41, 5.74) is 2.33. The van der Waals surface area contributed by atoms with E-state index in [0.717, 1.165) is 55.4 Å². The molecule has 2 aromatic carbocycles. The Bertz CT molecular complexity index is 907. The molecule has 0 amide bonds. The van der Waals surface area contributed by atoms with Gasteiger partial charge >= 0.3 is 0 Å². The van der Waals surface area contributed by atoms with Crippen LogP contribution < -0.4 is 10.1 Å². The first-order chi connectivity index (χ1) is 12.7. The van der Waals surface area contributed by atoms with Crippen molar-refractivity contribution in [1.29, 1.82) is 0 Å². The Morgan fingerprint density at radius 3 is 2.92 bits per heavy atom. The normalized spacial score (nSPS) is 15.3. The average molecular weight is 359 g/mol. The Labute approximate surface area is 149 Å². The first kappa shape index (κ1) is 16.8. The summed E-state index contributed by atoms with van der Waals surface area (Å²) in [6, 6.07) is 7.33. The lowest BCUT2D eigenvalue weighted by Crippen LogP contribution is -2.22. The van der Waals surface area contributed by atoms with E-state index in [4.69, 9.17) is 9.47 Å². The summed E-state index contributed by atoms with van der Waals surface area (Å²) in [5.74, 6) is -1.17. The summed E-state index contributed by atoms with van der Waals surface area (Å²) in [5, 5.41) is 3.41. The number of rotatable bonds is 5. The number of anilines is 1. The van der Waals surface area contributed by atoms with Crippen molar-refractivity contribution in [3.8, 4) is 11.5 Å². The number of imidazole rings is 1. The smallest absolute Gasteiger partial charge is 0.201 e. The molecule has 1 aliphatic heterocycles. The summed E-state index contributed by atoms with van der Waals surface area (Å²) in [7, 11) is 0. The molecule has 2 heterocycles. The Morgan fingerprint density at radius 2 is 2.08 bits per heavy atom. The number of hydrogen-bond acceptors (Lipinski definition) is 4. The highest BCUT2D eigenvalue weighted by atomic mass is 19.2. The van der Waals surface area contributed by atoms with E-state index in [1.165, 1.54) is 12.1 Å². The molecule has 0 unspecified atom stereocenters. The highest BCUT2D eigenvalue weighted by molar-refractivity contribution is 5.89. The van der Waals surface area contributed by atoms with Gasteiger partial charge in [-0.3, -0.25) is 0 Å². The number of nitrogens with one attached hydrogen (secondary N) is 2. The number of aromatic nitrogens is 2. The van der Waals surface area contributed by atoms with E-state index >= 15 is 0 Å². The summed E-state index contributed by atoms with van der Waals surface area (Å²) in [6.45, 7) is 2.36. The lowest BCUT2D eigenvalue weighted by atomic mass is 10.0. The van der Waals surface area contributed by atoms with Gasteiger partial charge in [-0.15, -0.1) is 0 Å². The van der Waals surface area contributed by atoms with E-state index in [-0.39, 0.29) is 5.75 Å². The van der Waals surface area contributed by atoms with Crippen LogP contribution in [-0.4, -0.2) is 29.7 Å². The van der Waals surface area contributed by atoms with Gasteiger partial charge in [-0.2, -0.15) is 4.39 Å². The topological polar surface area (TPSA) is 59.2 Å². The number of aromatic amines is 1. The molecule has 5 nitrogen and oxygen atoms in total. The van der Waals surface area contributed by atoms with Crippen LogP contribution in [0.15, 0.2) is 36.7 Å². The molecule has 26 heavy (non-hydrogen) atoms. The molecule has 1 aliphatic rings. The number of benzene rings is 2. The second-order valence-corrected chi connectivity index (χ2v) is 6.36. The lowest BCUT2D eigenvalue weighted by Gasteiger charge is -2.23. The van der Waals surface area contributed by atoms with Crippen molar-refractivity contribution in [2.45, 2.75) is 12.8 Å². The molecule has 1 fully saturated rings. The van der Waals surface area contributed by atoms with Crippen molar-refractivity contribution in [3.63, 3.8) is 0 Å². The fraction of sp³-hybridized carbons (Fsp3) is 0.316. The Kier molecular flexibility index (Phi) is 4.71. The predicted molar refractivity (Wildman–Crippen MR) is 94.6 cm³/mol. The number of fused-ring (bicyclic) bond motifs is 1. The van der Waals surface area contributed by atoms with E-state index in [2.05, 4.69) is 15.3 Å². The minimum absolute atomic E-state index is 0.153. The average Bonchev–Trinajstić information content (AvgIpc) is 3.13.